The highest BCUT2D eigenvalue weighted by Gasteiger charge is 2.16. The normalized spacial score (nSPS) is 15.2. The molecular weight excluding hydrogens is 322 g/mol. The van der Waals surface area contributed by atoms with Crippen LogP contribution in [-0.4, -0.2) is 43.7 Å². The zero-order chi connectivity index (χ0) is 16.9. The lowest BCUT2D eigenvalue weighted by atomic mass is 10.2. The molecule has 6 heteroatoms. The average molecular weight is 345 g/mol. The summed E-state index contributed by atoms with van der Waals surface area (Å²) in [7, 11) is 3.33. The van der Waals surface area contributed by atoms with Crippen molar-refractivity contribution in [3.05, 3.63) is 40.4 Å². The quantitative estimate of drug-likeness (QED) is 0.903. The molecule has 1 aromatic heterocycles. The van der Waals surface area contributed by atoms with Crippen molar-refractivity contribution >= 4 is 22.5 Å². The van der Waals surface area contributed by atoms with E-state index in [1.807, 2.05) is 18.2 Å². The van der Waals surface area contributed by atoms with Crippen LogP contribution in [-0.2, 0) is 12.8 Å². The number of nitrogens with two attached hydrogens (primary N) is 1. The number of thiazole rings is 1. The molecule has 1 aromatic carbocycles. The lowest BCUT2D eigenvalue weighted by Gasteiger charge is -2.17. The first-order valence-corrected chi connectivity index (χ1v) is 8.85. The van der Waals surface area contributed by atoms with Crippen LogP contribution < -0.4 is 15.2 Å². The van der Waals surface area contributed by atoms with Crippen molar-refractivity contribution in [2.24, 2.45) is 0 Å². The van der Waals surface area contributed by atoms with Gasteiger partial charge >= 0.3 is 0 Å². The van der Waals surface area contributed by atoms with Crippen molar-refractivity contribution in [2.45, 2.75) is 12.8 Å². The second-order valence-electron chi connectivity index (χ2n) is 5.77. The van der Waals surface area contributed by atoms with Gasteiger partial charge in [-0.25, -0.2) is 4.98 Å². The van der Waals surface area contributed by atoms with Gasteiger partial charge in [0.25, 0.3) is 0 Å². The van der Waals surface area contributed by atoms with Crippen LogP contribution in [0.5, 0.6) is 11.5 Å². The minimum Gasteiger partial charge on any atom is -0.497 e. The van der Waals surface area contributed by atoms with Crippen LogP contribution in [0.25, 0.3) is 6.08 Å². The first-order chi connectivity index (χ1) is 11.7. The van der Waals surface area contributed by atoms with E-state index < -0.39 is 0 Å². The van der Waals surface area contributed by atoms with Crippen LogP contribution in [0.1, 0.15) is 16.1 Å². The summed E-state index contributed by atoms with van der Waals surface area (Å²) in [6.07, 6.45) is 6.31. The van der Waals surface area contributed by atoms with Crippen molar-refractivity contribution in [1.29, 1.82) is 0 Å². The Labute approximate surface area is 146 Å². The SMILES string of the molecule is COc1cc(C=CCN2CCc3nc(N)sc3CC2)cc(OC)c1. The van der Waals surface area contributed by atoms with E-state index in [0.29, 0.717) is 5.13 Å². The Morgan fingerprint density at radius 1 is 1.17 bits per heavy atom. The number of hydrogen-bond donors (Lipinski definition) is 1. The van der Waals surface area contributed by atoms with Gasteiger partial charge in [0.2, 0.25) is 0 Å². The van der Waals surface area contributed by atoms with Gasteiger partial charge in [0.15, 0.2) is 5.13 Å². The van der Waals surface area contributed by atoms with E-state index in [4.69, 9.17) is 15.2 Å². The highest BCUT2D eigenvalue weighted by atomic mass is 32.1. The van der Waals surface area contributed by atoms with Gasteiger partial charge in [-0.15, -0.1) is 11.3 Å². The standard InChI is InChI=1S/C18H23N3O2S/c1-22-14-10-13(11-15(12-14)23-2)4-3-7-21-8-5-16-17(6-9-21)24-18(19)20-16/h3-4,10-12H,5-9H2,1-2H3,(H2,19,20). The van der Waals surface area contributed by atoms with E-state index >= 15 is 0 Å². The summed E-state index contributed by atoms with van der Waals surface area (Å²) in [5, 5.41) is 0.695. The number of rotatable bonds is 5. The van der Waals surface area contributed by atoms with Gasteiger partial charge in [0, 0.05) is 37.0 Å². The molecule has 2 aromatic rings. The van der Waals surface area contributed by atoms with E-state index in [0.717, 1.165) is 49.5 Å². The van der Waals surface area contributed by atoms with Gasteiger partial charge in [0.05, 0.1) is 19.9 Å². The molecule has 2 heterocycles. The van der Waals surface area contributed by atoms with Crippen LogP contribution in [0.2, 0.25) is 0 Å². The molecule has 0 atom stereocenters. The monoisotopic (exact) mass is 345 g/mol. The minimum atomic E-state index is 0.695. The van der Waals surface area contributed by atoms with Gasteiger partial charge in [-0.2, -0.15) is 0 Å². The molecular formula is C18H23N3O2S. The highest BCUT2D eigenvalue weighted by molar-refractivity contribution is 7.15. The summed E-state index contributed by atoms with van der Waals surface area (Å²) in [6.45, 7) is 2.98. The first-order valence-electron chi connectivity index (χ1n) is 8.04. The summed E-state index contributed by atoms with van der Waals surface area (Å²) in [4.78, 5) is 8.22. The predicted molar refractivity (Wildman–Crippen MR) is 99.0 cm³/mol. The molecule has 2 N–H and O–H groups in total. The molecule has 0 radical (unpaired) electrons. The summed E-state index contributed by atoms with van der Waals surface area (Å²) in [5.74, 6) is 1.61. The third kappa shape index (κ3) is 4.07. The van der Waals surface area contributed by atoms with Crippen LogP contribution in [0, 0.1) is 0 Å². The average Bonchev–Trinajstić information content (AvgIpc) is 2.85. The van der Waals surface area contributed by atoms with Crippen molar-refractivity contribution in [3.63, 3.8) is 0 Å². The Balaban J connectivity index is 1.60. The molecule has 1 aliphatic rings. The van der Waals surface area contributed by atoms with Crippen LogP contribution in [0.15, 0.2) is 24.3 Å². The summed E-state index contributed by atoms with van der Waals surface area (Å²) in [6, 6.07) is 5.89. The van der Waals surface area contributed by atoms with E-state index in [2.05, 4.69) is 22.0 Å². The zero-order valence-corrected chi connectivity index (χ0v) is 14.9. The minimum absolute atomic E-state index is 0.695. The summed E-state index contributed by atoms with van der Waals surface area (Å²) in [5.41, 5.74) is 8.06. The number of aromatic nitrogens is 1. The van der Waals surface area contributed by atoms with Crippen LogP contribution >= 0.6 is 11.3 Å². The number of anilines is 1. The van der Waals surface area contributed by atoms with Gasteiger partial charge in [-0.3, -0.25) is 4.90 Å². The smallest absolute Gasteiger partial charge is 0.180 e. The highest BCUT2D eigenvalue weighted by Crippen LogP contribution is 2.25. The zero-order valence-electron chi connectivity index (χ0n) is 14.1. The first kappa shape index (κ1) is 16.8. The second-order valence-corrected chi connectivity index (χ2v) is 6.89. The fraction of sp³-hybridized carbons (Fsp3) is 0.389. The Kier molecular flexibility index (Phi) is 5.37. The molecule has 0 unspecified atom stereocenters. The van der Waals surface area contributed by atoms with Crippen LogP contribution in [0.3, 0.4) is 0 Å². The van der Waals surface area contributed by atoms with Gasteiger partial charge < -0.3 is 15.2 Å². The summed E-state index contributed by atoms with van der Waals surface area (Å²) < 4.78 is 10.6. The maximum absolute atomic E-state index is 5.80. The molecule has 3 rings (SSSR count). The number of ether oxygens (including phenoxy) is 2. The third-order valence-corrected chi connectivity index (χ3v) is 5.15. The predicted octanol–water partition coefficient (Wildman–Crippen LogP) is 2.86. The molecule has 0 amide bonds. The number of fused-ring (bicyclic) bond motifs is 1. The van der Waals surface area contributed by atoms with E-state index in [1.165, 1.54) is 10.6 Å². The molecule has 0 saturated carbocycles. The lowest BCUT2D eigenvalue weighted by molar-refractivity contribution is 0.318. The molecule has 5 nitrogen and oxygen atoms in total. The van der Waals surface area contributed by atoms with E-state index in [-0.39, 0.29) is 0 Å². The molecule has 0 bridgehead atoms. The molecule has 1 aliphatic heterocycles. The van der Waals surface area contributed by atoms with Crippen molar-refractivity contribution in [2.75, 3.05) is 39.6 Å². The van der Waals surface area contributed by atoms with Gasteiger partial charge in [-0.05, 0) is 24.1 Å². The van der Waals surface area contributed by atoms with Crippen molar-refractivity contribution in [3.8, 4) is 11.5 Å². The molecule has 128 valence electrons. The Morgan fingerprint density at radius 2 is 1.88 bits per heavy atom. The molecule has 24 heavy (non-hydrogen) atoms. The maximum Gasteiger partial charge on any atom is 0.180 e. The summed E-state index contributed by atoms with van der Waals surface area (Å²) >= 11 is 1.63. The molecule has 0 fully saturated rings. The molecule has 0 spiro atoms. The number of nitrogens with zero attached hydrogens (tertiary/aromatic N) is 2. The van der Waals surface area contributed by atoms with Crippen molar-refractivity contribution in [1.82, 2.24) is 9.88 Å². The fourth-order valence-electron chi connectivity index (χ4n) is 2.88. The van der Waals surface area contributed by atoms with Crippen molar-refractivity contribution < 1.29 is 9.47 Å². The largest absolute Gasteiger partial charge is 0.497 e. The second kappa shape index (κ2) is 7.68. The Hall–Kier alpha value is -2.05. The van der Waals surface area contributed by atoms with Crippen LogP contribution in [0.4, 0.5) is 5.13 Å². The topological polar surface area (TPSA) is 60.6 Å². The lowest BCUT2D eigenvalue weighted by Crippen LogP contribution is -2.26. The number of nitrogen functional groups attached to an aromatic ring is 1. The maximum atomic E-state index is 5.80. The number of hydrogen-bond acceptors (Lipinski definition) is 6. The Bertz CT molecular complexity index is 679. The fourth-order valence-corrected chi connectivity index (χ4v) is 3.74. The third-order valence-electron chi connectivity index (χ3n) is 4.16. The molecule has 0 saturated heterocycles. The van der Waals surface area contributed by atoms with Gasteiger partial charge in [-0.1, -0.05) is 12.2 Å². The van der Waals surface area contributed by atoms with E-state index in [1.54, 1.807) is 25.6 Å². The van der Waals surface area contributed by atoms with E-state index in [9.17, 15) is 0 Å². The number of methoxy groups -OCH3 is 2. The Morgan fingerprint density at radius 3 is 2.58 bits per heavy atom. The van der Waals surface area contributed by atoms with Gasteiger partial charge in [0.1, 0.15) is 11.5 Å². The molecule has 0 aliphatic carbocycles. The number of benzene rings is 1.